The lowest BCUT2D eigenvalue weighted by Crippen LogP contribution is -2.07. The van der Waals surface area contributed by atoms with E-state index in [9.17, 15) is 0 Å². The van der Waals surface area contributed by atoms with E-state index >= 15 is 0 Å². The van der Waals surface area contributed by atoms with Gasteiger partial charge < -0.3 is 0 Å². The van der Waals surface area contributed by atoms with E-state index in [2.05, 4.69) is 158 Å². The van der Waals surface area contributed by atoms with Crippen molar-refractivity contribution in [3.8, 4) is 0 Å². The Balaban J connectivity index is 1.59. The van der Waals surface area contributed by atoms with Gasteiger partial charge in [-0.25, -0.2) is 0 Å². The van der Waals surface area contributed by atoms with Gasteiger partial charge in [-0.1, -0.05) is 158 Å². The highest BCUT2D eigenvalue weighted by molar-refractivity contribution is 5.91. The van der Waals surface area contributed by atoms with Crippen molar-refractivity contribution in [2.24, 2.45) is 0 Å². The molecular formula is C36H28. The number of fused-ring (bicyclic) bond motifs is 1. The molecule has 0 atom stereocenters. The zero-order valence-electron chi connectivity index (χ0n) is 20.2. The molecule has 0 radical (unpaired) electrons. The lowest BCUT2D eigenvalue weighted by atomic mass is 9.79. The van der Waals surface area contributed by atoms with E-state index in [-0.39, 0.29) is 11.8 Å². The number of rotatable bonds is 6. The summed E-state index contributed by atoms with van der Waals surface area (Å²) in [6.45, 7) is 0. The van der Waals surface area contributed by atoms with Crippen LogP contribution in [0.1, 0.15) is 45.2 Å². The van der Waals surface area contributed by atoms with Gasteiger partial charge in [-0.3, -0.25) is 0 Å². The van der Waals surface area contributed by atoms with Crippen molar-refractivity contribution in [2.45, 2.75) is 11.8 Å². The topological polar surface area (TPSA) is 0 Å². The molecule has 0 aliphatic heterocycles. The van der Waals surface area contributed by atoms with Crippen LogP contribution in [-0.4, -0.2) is 0 Å². The van der Waals surface area contributed by atoms with E-state index in [1.165, 1.54) is 44.2 Å². The molecular weight excluding hydrogens is 432 g/mol. The van der Waals surface area contributed by atoms with Crippen molar-refractivity contribution in [1.29, 1.82) is 0 Å². The molecule has 0 aromatic heterocycles. The van der Waals surface area contributed by atoms with Gasteiger partial charge in [-0.15, -0.1) is 0 Å². The van der Waals surface area contributed by atoms with Gasteiger partial charge in [0, 0.05) is 11.8 Å². The molecule has 6 aromatic carbocycles. The van der Waals surface area contributed by atoms with Crippen LogP contribution < -0.4 is 0 Å². The standard InChI is InChI=1S/C36H28/c1-5-15-27(16-6-1)35(28-17-7-2-8-18-28)33-25-13-24-32-31(33)23-14-26-34(32)36(29-19-9-3-10-20-29)30-21-11-4-12-22-30/h1-26,35-36H. The van der Waals surface area contributed by atoms with Crippen molar-refractivity contribution in [1.82, 2.24) is 0 Å². The predicted octanol–water partition coefficient (Wildman–Crippen LogP) is 9.20. The molecule has 0 aliphatic carbocycles. The lowest BCUT2D eigenvalue weighted by molar-refractivity contribution is 0.978. The molecule has 172 valence electrons. The average Bonchev–Trinajstić information content (AvgIpc) is 2.96. The van der Waals surface area contributed by atoms with Crippen LogP contribution in [0.15, 0.2) is 158 Å². The largest absolute Gasteiger partial charge is 0.0622 e. The molecule has 0 saturated carbocycles. The second-order valence-electron chi connectivity index (χ2n) is 9.30. The fourth-order valence-corrected chi connectivity index (χ4v) is 5.55. The van der Waals surface area contributed by atoms with Crippen LogP contribution in [-0.2, 0) is 0 Å². The van der Waals surface area contributed by atoms with Gasteiger partial charge >= 0.3 is 0 Å². The number of hydrogen-bond acceptors (Lipinski definition) is 0. The highest BCUT2D eigenvalue weighted by Crippen LogP contribution is 2.40. The Morgan fingerprint density at radius 2 is 0.528 bits per heavy atom. The first-order valence-electron chi connectivity index (χ1n) is 12.6. The summed E-state index contributed by atoms with van der Waals surface area (Å²) in [6, 6.07) is 57.1. The summed E-state index contributed by atoms with van der Waals surface area (Å²) >= 11 is 0. The van der Waals surface area contributed by atoms with E-state index in [1.54, 1.807) is 0 Å². The van der Waals surface area contributed by atoms with Gasteiger partial charge in [0.1, 0.15) is 0 Å². The molecule has 0 nitrogen and oxygen atoms in total. The van der Waals surface area contributed by atoms with E-state index < -0.39 is 0 Å². The SMILES string of the molecule is c1ccc(C(c2ccccc2)c2cccc3c(C(c4ccccc4)c4ccccc4)cccc23)cc1. The maximum absolute atomic E-state index is 2.30. The van der Waals surface area contributed by atoms with Crippen molar-refractivity contribution >= 4 is 10.8 Å². The molecule has 0 heterocycles. The first-order chi connectivity index (χ1) is 17.9. The minimum atomic E-state index is 0.165. The van der Waals surface area contributed by atoms with Crippen molar-refractivity contribution < 1.29 is 0 Å². The minimum absolute atomic E-state index is 0.165. The zero-order chi connectivity index (χ0) is 24.2. The van der Waals surface area contributed by atoms with Gasteiger partial charge in [0.2, 0.25) is 0 Å². The molecule has 0 spiro atoms. The van der Waals surface area contributed by atoms with E-state index in [1.807, 2.05) is 0 Å². The Hall–Kier alpha value is -4.42. The van der Waals surface area contributed by atoms with Crippen LogP contribution >= 0.6 is 0 Å². The smallest absolute Gasteiger partial charge is 0.0346 e. The normalized spacial score (nSPS) is 11.3. The number of benzene rings is 6. The molecule has 0 bridgehead atoms. The van der Waals surface area contributed by atoms with E-state index in [4.69, 9.17) is 0 Å². The molecule has 0 saturated heterocycles. The fraction of sp³-hybridized carbons (Fsp3) is 0.0556. The Bertz CT molecular complexity index is 1350. The van der Waals surface area contributed by atoms with Crippen LogP contribution in [0, 0.1) is 0 Å². The van der Waals surface area contributed by atoms with Gasteiger partial charge in [0.25, 0.3) is 0 Å². The van der Waals surface area contributed by atoms with Gasteiger partial charge in [-0.2, -0.15) is 0 Å². The maximum Gasteiger partial charge on any atom is 0.0346 e. The third kappa shape index (κ3) is 4.23. The third-order valence-corrected chi connectivity index (χ3v) is 7.14. The molecule has 6 rings (SSSR count). The maximum atomic E-state index is 2.30. The van der Waals surface area contributed by atoms with Crippen LogP contribution in [0.5, 0.6) is 0 Å². The highest BCUT2D eigenvalue weighted by Gasteiger charge is 2.22. The Morgan fingerprint density at radius 3 is 0.806 bits per heavy atom. The minimum Gasteiger partial charge on any atom is -0.0622 e. The predicted molar refractivity (Wildman–Crippen MR) is 152 cm³/mol. The third-order valence-electron chi connectivity index (χ3n) is 7.14. The summed E-state index contributed by atoms with van der Waals surface area (Å²) in [5.74, 6) is 0.330. The molecule has 0 amide bonds. The first kappa shape index (κ1) is 22.1. The van der Waals surface area contributed by atoms with Crippen LogP contribution in [0.25, 0.3) is 10.8 Å². The fourth-order valence-electron chi connectivity index (χ4n) is 5.55. The summed E-state index contributed by atoms with van der Waals surface area (Å²) in [7, 11) is 0. The van der Waals surface area contributed by atoms with Gasteiger partial charge in [0.05, 0.1) is 0 Å². The van der Waals surface area contributed by atoms with Gasteiger partial charge in [0.15, 0.2) is 0 Å². The average molecular weight is 461 g/mol. The molecule has 36 heavy (non-hydrogen) atoms. The molecule has 0 N–H and O–H groups in total. The molecule has 0 fully saturated rings. The summed E-state index contributed by atoms with van der Waals surface area (Å²) < 4.78 is 0. The van der Waals surface area contributed by atoms with Crippen LogP contribution in [0.4, 0.5) is 0 Å². The second kappa shape index (κ2) is 10.1. The lowest BCUT2D eigenvalue weighted by Gasteiger charge is -2.24. The zero-order valence-corrected chi connectivity index (χ0v) is 20.2. The quantitative estimate of drug-likeness (QED) is 0.217. The highest BCUT2D eigenvalue weighted by atomic mass is 14.3. The monoisotopic (exact) mass is 460 g/mol. The van der Waals surface area contributed by atoms with Crippen LogP contribution in [0.3, 0.4) is 0 Å². The molecule has 0 aliphatic rings. The second-order valence-corrected chi connectivity index (χ2v) is 9.30. The van der Waals surface area contributed by atoms with Crippen molar-refractivity contribution in [3.63, 3.8) is 0 Å². The van der Waals surface area contributed by atoms with E-state index in [0.29, 0.717) is 0 Å². The Labute approximate surface area is 213 Å². The molecule has 6 aromatic rings. The summed E-state index contributed by atoms with van der Waals surface area (Å²) in [6.07, 6.45) is 0. The molecule has 0 unspecified atom stereocenters. The summed E-state index contributed by atoms with van der Waals surface area (Å²) in [4.78, 5) is 0. The Kier molecular flexibility index (Phi) is 6.17. The van der Waals surface area contributed by atoms with Crippen molar-refractivity contribution in [2.75, 3.05) is 0 Å². The summed E-state index contributed by atoms with van der Waals surface area (Å²) in [5, 5.41) is 2.62. The van der Waals surface area contributed by atoms with Crippen molar-refractivity contribution in [3.05, 3.63) is 191 Å². The van der Waals surface area contributed by atoms with Gasteiger partial charge in [-0.05, 0) is 44.2 Å². The summed E-state index contributed by atoms with van der Waals surface area (Å²) in [5.41, 5.74) is 7.92. The molecule has 0 heteroatoms. The van der Waals surface area contributed by atoms with E-state index in [0.717, 1.165) is 0 Å². The number of hydrogen-bond donors (Lipinski definition) is 0. The van der Waals surface area contributed by atoms with Crippen LogP contribution in [0.2, 0.25) is 0 Å². The first-order valence-corrected chi connectivity index (χ1v) is 12.6. The Morgan fingerprint density at radius 1 is 0.250 bits per heavy atom.